The summed E-state index contributed by atoms with van der Waals surface area (Å²) in [6.07, 6.45) is 0.764. The molecule has 7 heteroatoms. The van der Waals surface area contributed by atoms with Crippen molar-refractivity contribution in [3.63, 3.8) is 0 Å². The lowest BCUT2D eigenvalue weighted by molar-refractivity contribution is 0.0928. The van der Waals surface area contributed by atoms with E-state index in [0.717, 1.165) is 24.6 Å². The van der Waals surface area contributed by atoms with Gasteiger partial charge in [0, 0.05) is 18.5 Å². The third-order valence-electron chi connectivity index (χ3n) is 3.92. The number of hydrogen-bond acceptors (Lipinski definition) is 3. The molecule has 0 radical (unpaired) electrons. The number of nitrogens with one attached hydrogen (secondary N) is 2. The first-order valence-electron chi connectivity index (χ1n) is 7.15. The van der Waals surface area contributed by atoms with Gasteiger partial charge in [-0.25, -0.2) is 8.78 Å². The predicted octanol–water partition coefficient (Wildman–Crippen LogP) is 3.32. The van der Waals surface area contributed by atoms with E-state index in [4.69, 9.17) is 0 Å². The zero-order valence-electron chi connectivity index (χ0n) is 12.2. The van der Waals surface area contributed by atoms with Crippen molar-refractivity contribution in [1.29, 1.82) is 0 Å². The quantitative estimate of drug-likeness (QED) is 0.883. The summed E-state index contributed by atoms with van der Waals surface area (Å²) in [6.45, 7) is 1.40. The summed E-state index contributed by atoms with van der Waals surface area (Å²) >= 11 is 1.38. The van der Waals surface area contributed by atoms with Crippen LogP contribution < -0.4 is 10.6 Å². The molecule has 1 aromatic heterocycles. The molecule has 0 saturated carbocycles. The Morgan fingerprint density at radius 3 is 2.78 bits per heavy atom. The molecular weight excluding hydrogens is 342 g/mol. The van der Waals surface area contributed by atoms with Gasteiger partial charge in [-0.1, -0.05) is 12.1 Å². The fourth-order valence-electron chi connectivity index (χ4n) is 2.80. The molecular formula is C16H17ClF2N2OS. The molecule has 1 aromatic carbocycles. The monoisotopic (exact) mass is 358 g/mol. The predicted molar refractivity (Wildman–Crippen MR) is 89.4 cm³/mol. The molecule has 0 spiro atoms. The highest BCUT2D eigenvalue weighted by atomic mass is 35.5. The topological polar surface area (TPSA) is 41.1 Å². The molecule has 1 aliphatic heterocycles. The standard InChI is InChI=1S/C16H16F2N2OS.ClH/c17-12-4-3-10(8-13(12)18)11-5-6-19-9-14(11)20-16(21)15-2-1-7-22-15;/h1-4,7-8,11,14,19H,5-6,9H2,(H,20,21);1H. The summed E-state index contributed by atoms with van der Waals surface area (Å²) in [5, 5.41) is 8.08. The minimum absolute atomic E-state index is 0. The first-order chi connectivity index (χ1) is 10.6. The Morgan fingerprint density at radius 2 is 2.09 bits per heavy atom. The normalized spacial score (nSPS) is 20.6. The van der Waals surface area contributed by atoms with Crippen molar-refractivity contribution >= 4 is 29.7 Å². The van der Waals surface area contributed by atoms with Crippen molar-refractivity contribution in [3.8, 4) is 0 Å². The zero-order chi connectivity index (χ0) is 15.5. The van der Waals surface area contributed by atoms with Crippen LogP contribution in [0, 0.1) is 11.6 Å². The highest BCUT2D eigenvalue weighted by Gasteiger charge is 2.28. The highest BCUT2D eigenvalue weighted by molar-refractivity contribution is 7.12. The number of rotatable bonds is 3. The van der Waals surface area contributed by atoms with Crippen molar-refractivity contribution in [2.75, 3.05) is 13.1 Å². The van der Waals surface area contributed by atoms with E-state index < -0.39 is 11.6 Å². The number of piperidine rings is 1. The van der Waals surface area contributed by atoms with Crippen LogP contribution in [-0.2, 0) is 0 Å². The SMILES string of the molecule is Cl.O=C(NC1CNCCC1c1ccc(F)c(F)c1)c1cccs1. The summed E-state index contributed by atoms with van der Waals surface area (Å²) in [5.74, 6) is -1.85. The average Bonchev–Trinajstić information content (AvgIpc) is 3.05. The Bertz CT molecular complexity index is 666. The smallest absolute Gasteiger partial charge is 0.261 e. The molecule has 0 bridgehead atoms. The first kappa shape index (κ1) is 17.8. The Labute approximate surface area is 143 Å². The molecule has 1 amide bonds. The molecule has 3 nitrogen and oxygen atoms in total. The lowest BCUT2D eigenvalue weighted by atomic mass is 9.86. The van der Waals surface area contributed by atoms with Gasteiger partial charge in [0.1, 0.15) is 0 Å². The summed E-state index contributed by atoms with van der Waals surface area (Å²) < 4.78 is 26.6. The van der Waals surface area contributed by atoms with E-state index >= 15 is 0 Å². The lowest BCUT2D eigenvalue weighted by Gasteiger charge is -2.33. The summed E-state index contributed by atoms with van der Waals surface area (Å²) in [5.41, 5.74) is 0.719. The van der Waals surface area contributed by atoms with E-state index in [1.165, 1.54) is 17.4 Å². The van der Waals surface area contributed by atoms with Gasteiger partial charge >= 0.3 is 0 Å². The van der Waals surface area contributed by atoms with Gasteiger partial charge in [-0.3, -0.25) is 4.79 Å². The van der Waals surface area contributed by atoms with Crippen LogP contribution in [0.1, 0.15) is 27.6 Å². The molecule has 124 valence electrons. The molecule has 2 aromatic rings. The van der Waals surface area contributed by atoms with Gasteiger partial charge in [0.2, 0.25) is 0 Å². The Balaban J connectivity index is 0.00000192. The molecule has 1 saturated heterocycles. The molecule has 1 fully saturated rings. The van der Waals surface area contributed by atoms with E-state index in [2.05, 4.69) is 10.6 Å². The van der Waals surface area contributed by atoms with Crippen molar-refractivity contribution in [3.05, 3.63) is 57.8 Å². The second-order valence-corrected chi connectivity index (χ2v) is 6.28. The molecule has 2 heterocycles. The second-order valence-electron chi connectivity index (χ2n) is 5.33. The average molecular weight is 359 g/mol. The Morgan fingerprint density at radius 1 is 1.26 bits per heavy atom. The third kappa shape index (κ3) is 4.07. The summed E-state index contributed by atoms with van der Waals surface area (Å²) in [6, 6.07) is 7.42. The van der Waals surface area contributed by atoms with E-state index in [0.29, 0.717) is 11.4 Å². The van der Waals surface area contributed by atoms with Gasteiger partial charge in [0.15, 0.2) is 11.6 Å². The molecule has 23 heavy (non-hydrogen) atoms. The molecule has 2 N–H and O–H groups in total. The maximum atomic E-state index is 13.5. The first-order valence-corrected chi connectivity index (χ1v) is 8.03. The van der Waals surface area contributed by atoms with Crippen molar-refractivity contribution in [1.82, 2.24) is 10.6 Å². The van der Waals surface area contributed by atoms with Crippen LogP contribution in [-0.4, -0.2) is 25.0 Å². The van der Waals surface area contributed by atoms with E-state index in [-0.39, 0.29) is 30.3 Å². The maximum absolute atomic E-state index is 13.5. The van der Waals surface area contributed by atoms with E-state index in [9.17, 15) is 13.6 Å². The molecule has 1 aliphatic rings. The van der Waals surface area contributed by atoms with Crippen LogP contribution in [0.3, 0.4) is 0 Å². The maximum Gasteiger partial charge on any atom is 0.261 e. The number of carbonyl (C=O) groups excluding carboxylic acids is 1. The van der Waals surface area contributed by atoms with Crippen LogP contribution in [0.4, 0.5) is 8.78 Å². The van der Waals surface area contributed by atoms with Gasteiger partial charge < -0.3 is 10.6 Å². The number of halogens is 3. The van der Waals surface area contributed by atoms with Crippen LogP contribution in [0.5, 0.6) is 0 Å². The van der Waals surface area contributed by atoms with Crippen molar-refractivity contribution < 1.29 is 13.6 Å². The second kappa shape index (κ2) is 7.86. The minimum Gasteiger partial charge on any atom is -0.347 e. The number of amides is 1. The number of carbonyl (C=O) groups is 1. The fourth-order valence-corrected chi connectivity index (χ4v) is 3.43. The van der Waals surface area contributed by atoms with E-state index in [1.54, 1.807) is 12.1 Å². The van der Waals surface area contributed by atoms with Gasteiger partial charge in [-0.05, 0) is 42.1 Å². The van der Waals surface area contributed by atoms with E-state index in [1.807, 2.05) is 11.4 Å². The van der Waals surface area contributed by atoms with Gasteiger partial charge in [0.25, 0.3) is 5.91 Å². The zero-order valence-corrected chi connectivity index (χ0v) is 13.9. The van der Waals surface area contributed by atoms with Crippen molar-refractivity contribution in [2.24, 2.45) is 0 Å². The van der Waals surface area contributed by atoms with Crippen LogP contribution >= 0.6 is 23.7 Å². The molecule has 3 rings (SSSR count). The van der Waals surface area contributed by atoms with Crippen LogP contribution in [0.15, 0.2) is 35.7 Å². The lowest BCUT2D eigenvalue weighted by Crippen LogP contribution is -2.49. The number of hydrogen-bond donors (Lipinski definition) is 2. The molecule has 2 atom stereocenters. The summed E-state index contributed by atoms with van der Waals surface area (Å²) in [4.78, 5) is 12.9. The number of thiophene rings is 1. The Hall–Kier alpha value is -1.50. The van der Waals surface area contributed by atoms with Crippen LogP contribution in [0.25, 0.3) is 0 Å². The summed E-state index contributed by atoms with van der Waals surface area (Å²) in [7, 11) is 0. The Kier molecular flexibility index (Phi) is 6.10. The highest BCUT2D eigenvalue weighted by Crippen LogP contribution is 2.27. The van der Waals surface area contributed by atoms with Crippen molar-refractivity contribution in [2.45, 2.75) is 18.4 Å². The molecule has 2 unspecified atom stereocenters. The number of benzene rings is 1. The molecule has 0 aliphatic carbocycles. The fraction of sp³-hybridized carbons (Fsp3) is 0.312. The van der Waals surface area contributed by atoms with Gasteiger partial charge in [0.05, 0.1) is 4.88 Å². The largest absolute Gasteiger partial charge is 0.347 e. The van der Waals surface area contributed by atoms with Gasteiger partial charge in [-0.2, -0.15) is 0 Å². The minimum atomic E-state index is -0.850. The van der Waals surface area contributed by atoms with Gasteiger partial charge in [-0.15, -0.1) is 23.7 Å². The third-order valence-corrected chi connectivity index (χ3v) is 4.78. The van der Waals surface area contributed by atoms with Crippen LogP contribution in [0.2, 0.25) is 0 Å².